The summed E-state index contributed by atoms with van der Waals surface area (Å²) >= 11 is 0. The van der Waals surface area contributed by atoms with Crippen molar-refractivity contribution in [2.45, 2.75) is 60.5 Å². The highest BCUT2D eigenvalue weighted by atomic mass is 16.6. The van der Waals surface area contributed by atoms with Gasteiger partial charge in [-0.15, -0.1) is 0 Å². The van der Waals surface area contributed by atoms with Gasteiger partial charge in [0.25, 0.3) is 0 Å². The summed E-state index contributed by atoms with van der Waals surface area (Å²) in [6, 6.07) is 0.690. The third-order valence-electron chi connectivity index (χ3n) is 3.48. The maximum absolute atomic E-state index is 12.1. The van der Waals surface area contributed by atoms with E-state index in [1.165, 1.54) is 0 Å². The lowest BCUT2D eigenvalue weighted by atomic mass is 9.92. The van der Waals surface area contributed by atoms with Crippen molar-refractivity contribution in [2.24, 2.45) is 11.8 Å². The van der Waals surface area contributed by atoms with Gasteiger partial charge in [0.2, 0.25) is 0 Å². The average molecular weight is 301 g/mol. The Balaban J connectivity index is 5.04. The second-order valence-electron chi connectivity index (χ2n) is 5.84. The van der Waals surface area contributed by atoms with Crippen LogP contribution < -0.4 is 0 Å². The molecule has 0 bridgehead atoms. The minimum absolute atomic E-state index is 0.159. The number of carbonyl (C=O) groups is 2. The summed E-state index contributed by atoms with van der Waals surface area (Å²) in [5.41, 5.74) is 0. The van der Waals surface area contributed by atoms with Crippen molar-refractivity contribution in [3.8, 4) is 0 Å². The maximum atomic E-state index is 12.1. The van der Waals surface area contributed by atoms with Gasteiger partial charge in [0.05, 0.1) is 13.2 Å². The number of rotatable bonds is 9. The first-order valence-corrected chi connectivity index (χ1v) is 7.85. The normalized spacial score (nSPS) is 13.1. The van der Waals surface area contributed by atoms with E-state index in [4.69, 9.17) is 9.47 Å². The van der Waals surface area contributed by atoms with Crippen LogP contribution in [0.5, 0.6) is 0 Å². The van der Waals surface area contributed by atoms with Crippen LogP contribution in [0.3, 0.4) is 0 Å². The highest BCUT2D eigenvalue weighted by Crippen LogP contribution is 2.20. The molecule has 0 amide bonds. The van der Waals surface area contributed by atoms with Crippen molar-refractivity contribution in [2.75, 3.05) is 19.8 Å². The number of hydrogen-bond acceptors (Lipinski definition) is 5. The topological polar surface area (TPSA) is 55.8 Å². The molecule has 21 heavy (non-hydrogen) atoms. The minimum Gasteiger partial charge on any atom is -0.465 e. The number of hydrogen-bond donors (Lipinski definition) is 0. The van der Waals surface area contributed by atoms with Crippen LogP contribution >= 0.6 is 0 Å². The van der Waals surface area contributed by atoms with E-state index >= 15 is 0 Å². The Morgan fingerprint density at radius 1 is 0.857 bits per heavy atom. The minimum atomic E-state index is -0.857. The van der Waals surface area contributed by atoms with Gasteiger partial charge in [-0.1, -0.05) is 6.92 Å². The van der Waals surface area contributed by atoms with Crippen molar-refractivity contribution >= 4 is 11.9 Å². The van der Waals surface area contributed by atoms with Crippen LogP contribution in [-0.2, 0) is 19.1 Å². The average Bonchev–Trinajstić information content (AvgIpc) is 2.36. The number of ether oxygens (including phenoxy) is 2. The molecule has 0 aliphatic rings. The van der Waals surface area contributed by atoms with E-state index in [1.54, 1.807) is 13.8 Å². The van der Waals surface area contributed by atoms with Crippen molar-refractivity contribution in [1.82, 2.24) is 4.90 Å². The highest BCUT2D eigenvalue weighted by Gasteiger charge is 2.36. The zero-order valence-corrected chi connectivity index (χ0v) is 14.5. The molecule has 0 N–H and O–H groups in total. The third kappa shape index (κ3) is 6.46. The van der Waals surface area contributed by atoms with E-state index in [1.807, 2.05) is 6.92 Å². The predicted octanol–water partition coefficient (Wildman–Crippen LogP) is 2.48. The Morgan fingerprint density at radius 3 is 1.52 bits per heavy atom. The molecular weight excluding hydrogens is 270 g/mol. The lowest BCUT2D eigenvalue weighted by molar-refractivity contribution is -0.164. The standard InChI is InChI=1S/C16H31NO4/c1-8-20-15(18)14(16(19)21-9-2)13(7)10-17(11(3)4)12(5)6/h11-14H,8-10H2,1-7H3. The smallest absolute Gasteiger partial charge is 0.320 e. The predicted molar refractivity (Wildman–Crippen MR) is 82.9 cm³/mol. The van der Waals surface area contributed by atoms with E-state index in [-0.39, 0.29) is 19.1 Å². The zero-order chi connectivity index (χ0) is 16.6. The summed E-state index contributed by atoms with van der Waals surface area (Å²) < 4.78 is 10.1. The number of esters is 2. The molecule has 0 aromatic rings. The van der Waals surface area contributed by atoms with Crippen molar-refractivity contribution in [3.05, 3.63) is 0 Å². The summed E-state index contributed by atoms with van der Waals surface area (Å²) in [5, 5.41) is 0. The van der Waals surface area contributed by atoms with Crippen LogP contribution in [0.2, 0.25) is 0 Å². The zero-order valence-electron chi connectivity index (χ0n) is 14.5. The Morgan fingerprint density at radius 2 is 1.24 bits per heavy atom. The van der Waals surface area contributed by atoms with E-state index in [0.717, 1.165) is 0 Å². The SMILES string of the molecule is CCOC(=O)C(C(=O)OCC)C(C)CN(C(C)C)C(C)C. The lowest BCUT2D eigenvalue weighted by Crippen LogP contribution is -2.44. The van der Waals surface area contributed by atoms with E-state index in [2.05, 4.69) is 32.6 Å². The molecule has 5 heteroatoms. The summed E-state index contributed by atoms with van der Waals surface area (Å²) in [4.78, 5) is 26.4. The third-order valence-corrected chi connectivity index (χ3v) is 3.48. The van der Waals surface area contributed by atoms with Crippen LogP contribution in [0.25, 0.3) is 0 Å². The van der Waals surface area contributed by atoms with Gasteiger partial charge in [0, 0.05) is 18.6 Å². The molecule has 0 saturated carbocycles. The molecule has 0 saturated heterocycles. The van der Waals surface area contributed by atoms with Crippen LogP contribution in [0.15, 0.2) is 0 Å². The fourth-order valence-electron chi connectivity index (χ4n) is 2.48. The Bertz CT molecular complexity index is 302. The second-order valence-corrected chi connectivity index (χ2v) is 5.84. The molecule has 0 aromatic heterocycles. The van der Waals surface area contributed by atoms with Gasteiger partial charge in [-0.3, -0.25) is 14.5 Å². The molecule has 0 radical (unpaired) electrons. The lowest BCUT2D eigenvalue weighted by Gasteiger charge is -2.34. The molecular formula is C16H31NO4. The molecule has 0 spiro atoms. The van der Waals surface area contributed by atoms with Crippen LogP contribution in [0.4, 0.5) is 0 Å². The molecule has 5 nitrogen and oxygen atoms in total. The van der Waals surface area contributed by atoms with Gasteiger partial charge >= 0.3 is 11.9 Å². The molecule has 0 fully saturated rings. The Labute approximate surface area is 129 Å². The summed E-state index contributed by atoms with van der Waals surface area (Å²) in [7, 11) is 0. The van der Waals surface area contributed by atoms with Gasteiger partial charge in [-0.25, -0.2) is 0 Å². The first-order chi connectivity index (χ1) is 9.76. The largest absolute Gasteiger partial charge is 0.465 e. The van der Waals surface area contributed by atoms with Crippen LogP contribution in [-0.4, -0.2) is 48.7 Å². The first kappa shape index (κ1) is 19.9. The second kappa shape index (κ2) is 9.77. The fourth-order valence-corrected chi connectivity index (χ4v) is 2.48. The molecule has 0 heterocycles. The van der Waals surface area contributed by atoms with Gasteiger partial charge < -0.3 is 9.47 Å². The van der Waals surface area contributed by atoms with Gasteiger partial charge in [-0.05, 0) is 47.5 Å². The van der Waals surface area contributed by atoms with Gasteiger partial charge in [-0.2, -0.15) is 0 Å². The summed E-state index contributed by atoms with van der Waals surface area (Å²) in [5.74, 6) is -2.00. The molecule has 0 rings (SSSR count). The molecule has 0 aromatic carbocycles. The fraction of sp³-hybridized carbons (Fsp3) is 0.875. The van der Waals surface area contributed by atoms with Gasteiger partial charge in [0.1, 0.15) is 0 Å². The highest BCUT2D eigenvalue weighted by molar-refractivity contribution is 5.95. The molecule has 0 aliphatic heterocycles. The maximum Gasteiger partial charge on any atom is 0.320 e. The van der Waals surface area contributed by atoms with E-state index in [9.17, 15) is 9.59 Å². The Kier molecular flexibility index (Phi) is 9.26. The van der Waals surface area contributed by atoms with E-state index < -0.39 is 17.9 Å². The number of nitrogens with zero attached hydrogens (tertiary/aromatic N) is 1. The first-order valence-electron chi connectivity index (χ1n) is 7.85. The Hall–Kier alpha value is -1.10. The number of carbonyl (C=O) groups excluding carboxylic acids is 2. The molecule has 1 atom stereocenters. The van der Waals surface area contributed by atoms with Crippen molar-refractivity contribution < 1.29 is 19.1 Å². The van der Waals surface area contributed by atoms with Crippen LogP contribution in [0.1, 0.15) is 48.5 Å². The monoisotopic (exact) mass is 301 g/mol. The summed E-state index contributed by atoms with van der Waals surface area (Å²) in [6.45, 7) is 15.0. The van der Waals surface area contributed by atoms with Crippen molar-refractivity contribution in [1.29, 1.82) is 0 Å². The summed E-state index contributed by atoms with van der Waals surface area (Å²) in [6.07, 6.45) is 0. The van der Waals surface area contributed by atoms with Crippen LogP contribution in [0, 0.1) is 11.8 Å². The van der Waals surface area contributed by atoms with E-state index in [0.29, 0.717) is 18.6 Å². The molecule has 1 unspecified atom stereocenters. The van der Waals surface area contributed by atoms with Crippen molar-refractivity contribution in [3.63, 3.8) is 0 Å². The molecule has 0 aliphatic carbocycles. The van der Waals surface area contributed by atoms with Gasteiger partial charge in [0.15, 0.2) is 5.92 Å². The molecule has 124 valence electrons. The quantitative estimate of drug-likeness (QED) is 0.484.